The van der Waals surface area contributed by atoms with Gasteiger partial charge in [-0.2, -0.15) is 0 Å². The second-order valence-corrected chi connectivity index (χ2v) is 6.12. The van der Waals surface area contributed by atoms with E-state index in [0.717, 1.165) is 4.21 Å². The van der Waals surface area contributed by atoms with Crippen molar-refractivity contribution in [1.82, 2.24) is 0 Å². The monoisotopic (exact) mass is 298 g/mol. The van der Waals surface area contributed by atoms with E-state index in [2.05, 4.69) is 0 Å². The van der Waals surface area contributed by atoms with Crippen LogP contribution < -0.4 is 4.74 Å². The molecule has 0 bridgehead atoms. The molecule has 0 atom stereocenters. The first kappa shape index (κ1) is 13.5. The molecular weight excluding hydrogens is 288 g/mol. The summed E-state index contributed by atoms with van der Waals surface area (Å²) in [6.07, 6.45) is 0. The Kier molecular flexibility index (Phi) is 4.69. The highest BCUT2D eigenvalue weighted by atomic mass is 35.5. The van der Waals surface area contributed by atoms with Crippen molar-refractivity contribution < 1.29 is 9.53 Å². The molecule has 0 amide bonds. The molecule has 0 N–H and O–H groups in total. The highest BCUT2D eigenvalue weighted by Gasteiger charge is 2.10. The zero-order valence-electron chi connectivity index (χ0n) is 9.68. The maximum Gasteiger partial charge on any atom is 0.173 e. The molecule has 18 heavy (non-hydrogen) atoms. The van der Waals surface area contributed by atoms with Crippen molar-refractivity contribution in [1.29, 1.82) is 0 Å². The van der Waals surface area contributed by atoms with Crippen LogP contribution in [0.1, 0.15) is 10.4 Å². The van der Waals surface area contributed by atoms with E-state index in [-0.39, 0.29) is 5.78 Å². The number of Topliss-reactive ketones (excluding diaryl/α,β-unsaturated/α-hetero) is 1. The van der Waals surface area contributed by atoms with E-state index >= 15 is 0 Å². The number of thioether (sulfide) groups is 1. The second kappa shape index (κ2) is 6.27. The fourth-order valence-electron chi connectivity index (χ4n) is 1.41. The van der Waals surface area contributed by atoms with E-state index in [1.54, 1.807) is 48.4 Å². The number of rotatable bonds is 5. The molecule has 1 aromatic heterocycles. The third-order valence-electron chi connectivity index (χ3n) is 2.31. The number of carbonyl (C=O) groups is 1. The lowest BCUT2D eigenvalue weighted by molar-refractivity contribution is 0.102. The molecule has 0 aliphatic heterocycles. The van der Waals surface area contributed by atoms with E-state index in [0.29, 0.717) is 22.1 Å². The van der Waals surface area contributed by atoms with Crippen molar-refractivity contribution >= 4 is 40.5 Å². The minimum atomic E-state index is 0.0675. The minimum absolute atomic E-state index is 0.0675. The van der Waals surface area contributed by atoms with Crippen LogP contribution in [0.2, 0.25) is 5.02 Å². The Morgan fingerprint density at radius 2 is 2.28 bits per heavy atom. The molecule has 0 fully saturated rings. The summed E-state index contributed by atoms with van der Waals surface area (Å²) in [6, 6.07) is 9.08. The third kappa shape index (κ3) is 3.28. The maximum absolute atomic E-state index is 12.0. The molecule has 0 aliphatic carbocycles. The molecule has 0 spiro atoms. The van der Waals surface area contributed by atoms with Gasteiger partial charge in [0.15, 0.2) is 5.78 Å². The van der Waals surface area contributed by atoms with Gasteiger partial charge < -0.3 is 4.74 Å². The first-order valence-corrected chi connectivity index (χ1v) is 7.48. The molecule has 2 aromatic rings. The van der Waals surface area contributed by atoms with E-state index < -0.39 is 0 Å². The molecule has 0 saturated carbocycles. The zero-order valence-corrected chi connectivity index (χ0v) is 12.1. The summed E-state index contributed by atoms with van der Waals surface area (Å²) in [5, 5.41) is 2.46. The first-order chi connectivity index (χ1) is 8.70. The molecule has 0 unspecified atom stereocenters. The van der Waals surface area contributed by atoms with Gasteiger partial charge in [-0.15, -0.1) is 23.1 Å². The molecule has 94 valence electrons. The van der Waals surface area contributed by atoms with Gasteiger partial charge in [0.25, 0.3) is 0 Å². The van der Waals surface area contributed by atoms with E-state index in [4.69, 9.17) is 16.3 Å². The molecule has 1 aromatic carbocycles. The second-order valence-electron chi connectivity index (χ2n) is 3.49. The lowest BCUT2D eigenvalue weighted by Gasteiger charge is -2.05. The predicted octanol–water partition coefficient (Wildman–Crippen LogP) is 4.39. The number of hydrogen-bond donors (Lipinski definition) is 0. The van der Waals surface area contributed by atoms with Gasteiger partial charge in [0.2, 0.25) is 0 Å². The van der Waals surface area contributed by atoms with E-state index in [1.165, 1.54) is 0 Å². The van der Waals surface area contributed by atoms with Crippen molar-refractivity contribution in [2.75, 3.05) is 12.9 Å². The molecule has 0 radical (unpaired) electrons. The normalized spacial score (nSPS) is 10.3. The van der Waals surface area contributed by atoms with Gasteiger partial charge in [-0.3, -0.25) is 4.79 Å². The number of methoxy groups -OCH3 is 1. The number of carbonyl (C=O) groups excluding carboxylic acids is 1. The van der Waals surface area contributed by atoms with Gasteiger partial charge >= 0.3 is 0 Å². The van der Waals surface area contributed by atoms with Crippen molar-refractivity contribution in [3.05, 3.63) is 46.3 Å². The van der Waals surface area contributed by atoms with Gasteiger partial charge in [-0.25, -0.2) is 0 Å². The summed E-state index contributed by atoms with van der Waals surface area (Å²) in [6.45, 7) is 0. The molecular formula is C13H11ClO2S2. The Labute approximate surface area is 119 Å². The molecule has 0 aliphatic rings. The van der Waals surface area contributed by atoms with Crippen LogP contribution in [0, 0.1) is 0 Å². The summed E-state index contributed by atoms with van der Waals surface area (Å²) >= 11 is 9.17. The number of benzene rings is 1. The van der Waals surface area contributed by atoms with Crippen LogP contribution in [-0.2, 0) is 0 Å². The maximum atomic E-state index is 12.0. The van der Waals surface area contributed by atoms with Crippen molar-refractivity contribution in [3.63, 3.8) is 0 Å². The topological polar surface area (TPSA) is 26.3 Å². The van der Waals surface area contributed by atoms with E-state index in [9.17, 15) is 4.79 Å². The van der Waals surface area contributed by atoms with Crippen LogP contribution >= 0.6 is 34.7 Å². The van der Waals surface area contributed by atoms with E-state index in [1.807, 2.05) is 17.5 Å². The number of halogens is 1. The summed E-state index contributed by atoms with van der Waals surface area (Å²) in [5.74, 6) is 1.07. The molecule has 5 heteroatoms. The predicted molar refractivity (Wildman–Crippen MR) is 77.4 cm³/mol. The first-order valence-electron chi connectivity index (χ1n) is 5.24. The fourth-order valence-corrected chi connectivity index (χ4v) is 3.34. The highest BCUT2D eigenvalue weighted by molar-refractivity contribution is 8.01. The van der Waals surface area contributed by atoms with Crippen LogP contribution in [0.4, 0.5) is 0 Å². The van der Waals surface area contributed by atoms with Gasteiger partial charge in [0.1, 0.15) is 5.75 Å². The zero-order chi connectivity index (χ0) is 13.0. The summed E-state index contributed by atoms with van der Waals surface area (Å²) in [7, 11) is 1.55. The number of thiophene rings is 1. The molecule has 2 nitrogen and oxygen atoms in total. The number of hydrogen-bond acceptors (Lipinski definition) is 4. The standard InChI is InChI=1S/C13H11ClO2S2/c1-16-12-5-4-9(7-10(12)14)11(15)8-18-13-3-2-6-17-13/h2-7H,8H2,1H3. The van der Waals surface area contributed by atoms with Gasteiger partial charge in [0, 0.05) is 5.56 Å². The van der Waals surface area contributed by atoms with Crippen molar-refractivity contribution in [2.24, 2.45) is 0 Å². The average Bonchev–Trinajstić information content (AvgIpc) is 2.89. The molecule has 1 heterocycles. The quantitative estimate of drug-likeness (QED) is 0.605. The number of ketones is 1. The van der Waals surface area contributed by atoms with Crippen LogP contribution in [0.15, 0.2) is 39.9 Å². The van der Waals surface area contributed by atoms with Crippen LogP contribution in [0.3, 0.4) is 0 Å². The minimum Gasteiger partial charge on any atom is -0.495 e. The lowest BCUT2D eigenvalue weighted by Crippen LogP contribution is -2.02. The number of ether oxygens (including phenoxy) is 1. The fraction of sp³-hybridized carbons (Fsp3) is 0.154. The molecule has 2 rings (SSSR count). The Morgan fingerprint density at radius 3 is 2.89 bits per heavy atom. The van der Waals surface area contributed by atoms with Crippen LogP contribution in [0.5, 0.6) is 5.75 Å². The van der Waals surface area contributed by atoms with Crippen molar-refractivity contribution in [3.8, 4) is 5.75 Å². The Hall–Kier alpha value is -0.970. The third-order valence-corrected chi connectivity index (χ3v) is 4.74. The summed E-state index contributed by atoms with van der Waals surface area (Å²) in [5.41, 5.74) is 0.616. The van der Waals surface area contributed by atoms with Crippen LogP contribution in [0.25, 0.3) is 0 Å². The Balaban J connectivity index is 2.02. The lowest BCUT2D eigenvalue weighted by atomic mass is 10.1. The van der Waals surface area contributed by atoms with Gasteiger partial charge in [-0.1, -0.05) is 17.7 Å². The van der Waals surface area contributed by atoms with Crippen LogP contribution in [-0.4, -0.2) is 18.6 Å². The summed E-state index contributed by atoms with van der Waals surface area (Å²) < 4.78 is 6.19. The Bertz CT molecular complexity index is 538. The summed E-state index contributed by atoms with van der Waals surface area (Å²) in [4.78, 5) is 12.0. The largest absolute Gasteiger partial charge is 0.495 e. The molecule has 0 saturated heterocycles. The van der Waals surface area contributed by atoms with Gasteiger partial charge in [-0.05, 0) is 29.6 Å². The Morgan fingerprint density at radius 1 is 1.44 bits per heavy atom. The van der Waals surface area contributed by atoms with Crippen molar-refractivity contribution in [2.45, 2.75) is 4.21 Å². The highest BCUT2D eigenvalue weighted by Crippen LogP contribution is 2.27. The average molecular weight is 299 g/mol. The van der Waals surface area contributed by atoms with Gasteiger partial charge in [0.05, 0.1) is 22.1 Å². The SMILES string of the molecule is COc1ccc(C(=O)CSc2cccs2)cc1Cl. The smallest absolute Gasteiger partial charge is 0.173 e.